The number of amides is 1. The van der Waals surface area contributed by atoms with Crippen molar-refractivity contribution in [3.8, 4) is 0 Å². The lowest BCUT2D eigenvalue weighted by atomic mass is 10.0. The van der Waals surface area contributed by atoms with E-state index in [-0.39, 0.29) is 12.3 Å². The number of anilines is 1. The van der Waals surface area contributed by atoms with Crippen molar-refractivity contribution in [2.24, 2.45) is 0 Å². The standard InChI is InChI=1S/C18H20F3N3O3/c1-17(2,16(26)27)24-11-14(10-22-24)23-15(25)8-4-6-12-5-3-7-13(9-12)18(19,20)21/h3,5,7,9-11H,4,6,8H2,1-2H3,(H,23,25)(H,26,27). The first-order chi connectivity index (χ1) is 12.5. The minimum absolute atomic E-state index is 0.115. The molecule has 0 bridgehead atoms. The Morgan fingerprint density at radius 1 is 1.26 bits per heavy atom. The van der Waals surface area contributed by atoms with Crippen LogP contribution in [0.25, 0.3) is 0 Å². The number of benzene rings is 1. The molecule has 27 heavy (non-hydrogen) atoms. The molecule has 2 N–H and O–H groups in total. The maximum absolute atomic E-state index is 12.7. The van der Waals surface area contributed by atoms with Gasteiger partial charge >= 0.3 is 12.1 Å². The van der Waals surface area contributed by atoms with Gasteiger partial charge in [-0.15, -0.1) is 0 Å². The number of aliphatic carboxylic acids is 1. The second-order valence-corrected chi connectivity index (χ2v) is 6.64. The number of alkyl halides is 3. The van der Waals surface area contributed by atoms with Gasteiger partial charge in [0, 0.05) is 12.6 Å². The molecule has 0 atom stereocenters. The van der Waals surface area contributed by atoms with E-state index in [0.29, 0.717) is 24.1 Å². The van der Waals surface area contributed by atoms with Crippen LogP contribution in [0.3, 0.4) is 0 Å². The zero-order valence-corrected chi connectivity index (χ0v) is 14.9. The van der Waals surface area contributed by atoms with Crippen molar-refractivity contribution < 1.29 is 27.9 Å². The Kier molecular flexibility index (Phi) is 5.92. The van der Waals surface area contributed by atoms with Gasteiger partial charge in [-0.2, -0.15) is 18.3 Å². The van der Waals surface area contributed by atoms with Gasteiger partial charge < -0.3 is 10.4 Å². The molecule has 1 aromatic heterocycles. The van der Waals surface area contributed by atoms with E-state index >= 15 is 0 Å². The molecule has 0 saturated heterocycles. The smallest absolute Gasteiger partial charge is 0.416 e. The van der Waals surface area contributed by atoms with Crippen LogP contribution >= 0.6 is 0 Å². The Hall–Kier alpha value is -2.84. The summed E-state index contributed by atoms with van der Waals surface area (Å²) < 4.78 is 39.3. The van der Waals surface area contributed by atoms with E-state index in [0.717, 1.165) is 12.1 Å². The van der Waals surface area contributed by atoms with Crippen molar-refractivity contribution in [1.29, 1.82) is 0 Å². The second kappa shape index (κ2) is 7.81. The number of hydrogen-bond acceptors (Lipinski definition) is 3. The first-order valence-electron chi connectivity index (χ1n) is 8.24. The fraction of sp³-hybridized carbons (Fsp3) is 0.389. The van der Waals surface area contributed by atoms with Crippen LogP contribution in [0.2, 0.25) is 0 Å². The third kappa shape index (κ3) is 5.32. The van der Waals surface area contributed by atoms with Crippen LogP contribution < -0.4 is 5.32 Å². The highest BCUT2D eigenvalue weighted by Gasteiger charge is 2.31. The van der Waals surface area contributed by atoms with Gasteiger partial charge in [0.05, 0.1) is 17.4 Å². The number of rotatable bonds is 7. The summed E-state index contributed by atoms with van der Waals surface area (Å²) in [7, 11) is 0. The monoisotopic (exact) mass is 383 g/mol. The van der Waals surface area contributed by atoms with Gasteiger partial charge in [0.15, 0.2) is 5.54 Å². The summed E-state index contributed by atoms with van der Waals surface area (Å²) in [6.45, 7) is 2.95. The Morgan fingerprint density at radius 3 is 2.59 bits per heavy atom. The van der Waals surface area contributed by atoms with Crippen LogP contribution in [0.4, 0.5) is 18.9 Å². The van der Waals surface area contributed by atoms with Gasteiger partial charge in [-0.3, -0.25) is 9.48 Å². The summed E-state index contributed by atoms with van der Waals surface area (Å²) in [6.07, 6.45) is -0.806. The highest BCUT2D eigenvalue weighted by atomic mass is 19.4. The van der Waals surface area contributed by atoms with Crippen molar-refractivity contribution in [3.63, 3.8) is 0 Å². The zero-order chi connectivity index (χ0) is 20.2. The van der Waals surface area contributed by atoms with Gasteiger partial charge in [-0.25, -0.2) is 4.79 Å². The number of nitrogens with one attached hydrogen (secondary N) is 1. The molecule has 9 heteroatoms. The number of hydrogen-bond donors (Lipinski definition) is 2. The lowest BCUT2D eigenvalue weighted by Gasteiger charge is -2.19. The van der Waals surface area contributed by atoms with Crippen molar-refractivity contribution >= 4 is 17.6 Å². The normalized spacial score (nSPS) is 12.0. The molecule has 0 fully saturated rings. The topological polar surface area (TPSA) is 84.2 Å². The average molecular weight is 383 g/mol. The van der Waals surface area contributed by atoms with E-state index in [1.807, 2.05) is 0 Å². The number of carbonyl (C=O) groups excluding carboxylic acids is 1. The highest BCUT2D eigenvalue weighted by Crippen LogP contribution is 2.29. The summed E-state index contributed by atoms with van der Waals surface area (Å²) in [6, 6.07) is 5.02. The summed E-state index contributed by atoms with van der Waals surface area (Å²) in [4.78, 5) is 23.2. The molecular weight excluding hydrogens is 363 g/mol. The average Bonchev–Trinajstić information content (AvgIpc) is 3.03. The van der Waals surface area contributed by atoms with Crippen molar-refractivity contribution in [2.75, 3.05) is 5.32 Å². The van der Waals surface area contributed by atoms with Crippen molar-refractivity contribution in [2.45, 2.75) is 44.8 Å². The molecule has 1 amide bonds. The van der Waals surface area contributed by atoms with E-state index in [4.69, 9.17) is 5.11 Å². The van der Waals surface area contributed by atoms with Gasteiger partial charge in [-0.05, 0) is 38.3 Å². The predicted octanol–water partition coefficient (Wildman–Crippen LogP) is 3.68. The second-order valence-electron chi connectivity index (χ2n) is 6.64. The van der Waals surface area contributed by atoms with Crippen LogP contribution in [0.5, 0.6) is 0 Å². The van der Waals surface area contributed by atoms with E-state index in [1.165, 1.54) is 37.0 Å². The third-order valence-corrected chi connectivity index (χ3v) is 4.09. The Balaban J connectivity index is 1.87. The zero-order valence-electron chi connectivity index (χ0n) is 14.9. The van der Waals surface area contributed by atoms with E-state index in [2.05, 4.69) is 10.4 Å². The molecule has 1 aromatic carbocycles. The summed E-state index contributed by atoms with van der Waals surface area (Å²) in [5.74, 6) is -1.39. The van der Waals surface area contributed by atoms with Gasteiger partial charge in [-0.1, -0.05) is 18.2 Å². The molecule has 0 aliphatic rings. The van der Waals surface area contributed by atoms with Crippen LogP contribution in [0, 0.1) is 0 Å². The largest absolute Gasteiger partial charge is 0.479 e. The molecule has 2 rings (SSSR count). The first-order valence-corrected chi connectivity index (χ1v) is 8.24. The quantitative estimate of drug-likeness (QED) is 0.764. The Labute approximate surface area is 154 Å². The van der Waals surface area contributed by atoms with Crippen LogP contribution in [-0.2, 0) is 27.7 Å². The number of carbonyl (C=O) groups is 2. The van der Waals surface area contributed by atoms with E-state index in [1.54, 1.807) is 6.07 Å². The molecule has 0 radical (unpaired) electrons. The molecule has 6 nitrogen and oxygen atoms in total. The SMILES string of the molecule is CC(C)(C(=O)O)n1cc(NC(=O)CCCc2cccc(C(F)(F)F)c2)cn1. The fourth-order valence-corrected chi connectivity index (χ4v) is 2.37. The molecule has 0 aliphatic carbocycles. The van der Waals surface area contributed by atoms with E-state index in [9.17, 15) is 22.8 Å². The number of halogens is 3. The molecular formula is C18H20F3N3O3. The maximum atomic E-state index is 12.7. The minimum Gasteiger partial charge on any atom is -0.479 e. The van der Waals surface area contributed by atoms with Crippen LogP contribution in [0.15, 0.2) is 36.7 Å². The van der Waals surface area contributed by atoms with Crippen LogP contribution in [0.1, 0.15) is 37.8 Å². The van der Waals surface area contributed by atoms with Gasteiger partial charge in [0.1, 0.15) is 0 Å². The van der Waals surface area contributed by atoms with E-state index < -0.39 is 23.2 Å². The number of aromatic nitrogens is 2. The molecule has 0 aliphatic heterocycles. The number of aryl methyl sites for hydroxylation is 1. The van der Waals surface area contributed by atoms with Crippen LogP contribution in [-0.4, -0.2) is 26.8 Å². The fourth-order valence-electron chi connectivity index (χ4n) is 2.37. The molecule has 146 valence electrons. The van der Waals surface area contributed by atoms with Crippen molar-refractivity contribution in [3.05, 3.63) is 47.8 Å². The maximum Gasteiger partial charge on any atom is 0.416 e. The number of nitrogens with zero attached hydrogens (tertiary/aromatic N) is 2. The predicted molar refractivity (Wildman–Crippen MR) is 92.2 cm³/mol. The summed E-state index contributed by atoms with van der Waals surface area (Å²) >= 11 is 0. The van der Waals surface area contributed by atoms with Gasteiger partial charge in [0.2, 0.25) is 5.91 Å². The summed E-state index contributed by atoms with van der Waals surface area (Å²) in [5, 5.41) is 15.7. The Morgan fingerprint density at radius 2 is 1.96 bits per heavy atom. The molecule has 0 spiro atoms. The lowest BCUT2D eigenvalue weighted by molar-refractivity contribution is -0.146. The van der Waals surface area contributed by atoms with Crippen molar-refractivity contribution in [1.82, 2.24) is 9.78 Å². The molecule has 1 heterocycles. The molecule has 0 saturated carbocycles. The molecule has 2 aromatic rings. The molecule has 0 unspecified atom stereocenters. The number of carboxylic acids is 1. The van der Waals surface area contributed by atoms with Gasteiger partial charge in [0.25, 0.3) is 0 Å². The highest BCUT2D eigenvalue weighted by molar-refractivity contribution is 5.90. The first kappa shape index (κ1) is 20.5. The summed E-state index contributed by atoms with van der Waals surface area (Å²) in [5.41, 5.74) is -1.10. The minimum atomic E-state index is -4.39. The number of carboxylic acid groups (broad SMARTS) is 1. The Bertz CT molecular complexity index is 828. The third-order valence-electron chi connectivity index (χ3n) is 4.09. The lowest BCUT2D eigenvalue weighted by Crippen LogP contribution is -2.35.